The molecule has 4 aliphatic carbocycles. The van der Waals surface area contributed by atoms with Crippen molar-refractivity contribution in [2.24, 2.45) is 17.3 Å². The van der Waals surface area contributed by atoms with Crippen LogP contribution in [0.5, 0.6) is 5.75 Å². The molecule has 5 rings (SSSR count). The van der Waals surface area contributed by atoms with Gasteiger partial charge in [0.1, 0.15) is 19.0 Å². The molecule has 4 bridgehead atoms. The first kappa shape index (κ1) is 17.3. The minimum atomic E-state index is -0.519. The van der Waals surface area contributed by atoms with Crippen molar-refractivity contribution < 1.29 is 19.4 Å². The number of benzene rings is 1. The van der Waals surface area contributed by atoms with Crippen LogP contribution in [-0.2, 0) is 9.53 Å². The third kappa shape index (κ3) is 3.87. The molecule has 25 heavy (non-hydrogen) atoms. The Kier molecular flexibility index (Phi) is 4.57. The van der Waals surface area contributed by atoms with E-state index in [1.54, 1.807) is 0 Å². The van der Waals surface area contributed by atoms with Crippen LogP contribution in [0.15, 0.2) is 28.7 Å². The summed E-state index contributed by atoms with van der Waals surface area (Å²) in [6.07, 6.45) is 6.48. The van der Waals surface area contributed by atoms with Crippen LogP contribution < -0.4 is 4.74 Å². The quantitative estimate of drug-likeness (QED) is 0.568. The molecule has 4 atom stereocenters. The Bertz CT molecular complexity index is 628. The van der Waals surface area contributed by atoms with E-state index in [2.05, 4.69) is 15.9 Å². The first-order chi connectivity index (χ1) is 11.9. The highest BCUT2D eigenvalue weighted by Gasteiger charge is 2.57. The highest BCUT2D eigenvalue weighted by atomic mass is 79.9. The van der Waals surface area contributed by atoms with Crippen molar-refractivity contribution >= 4 is 21.9 Å². The van der Waals surface area contributed by atoms with Gasteiger partial charge in [-0.25, -0.2) is 0 Å². The van der Waals surface area contributed by atoms with Crippen LogP contribution in [0.1, 0.15) is 44.9 Å². The minimum absolute atomic E-state index is 0.0253. The number of rotatable bonds is 6. The molecule has 0 radical (unpaired) electrons. The zero-order chi connectivity index (χ0) is 17.5. The van der Waals surface area contributed by atoms with Crippen molar-refractivity contribution in [1.29, 1.82) is 0 Å². The van der Waals surface area contributed by atoms with Gasteiger partial charge in [0.15, 0.2) is 0 Å². The van der Waals surface area contributed by atoms with Crippen LogP contribution in [0.2, 0.25) is 0 Å². The lowest BCUT2D eigenvalue weighted by molar-refractivity contribution is -0.177. The summed E-state index contributed by atoms with van der Waals surface area (Å²) in [6, 6.07) is 7.59. The largest absolute Gasteiger partial charge is 0.490 e. The lowest BCUT2D eigenvalue weighted by Crippen LogP contribution is -2.56. The number of ether oxygens (including phenoxy) is 2. The lowest BCUT2D eigenvalue weighted by Gasteiger charge is -2.60. The van der Waals surface area contributed by atoms with E-state index in [0.717, 1.165) is 42.3 Å². The van der Waals surface area contributed by atoms with Gasteiger partial charge in [-0.3, -0.25) is 4.79 Å². The monoisotopic (exact) mass is 408 g/mol. The summed E-state index contributed by atoms with van der Waals surface area (Å²) in [7, 11) is 0. The number of esters is 1. The molecule has 4 saturated carbocycles. The molecule has 136 valence electrons. The first-order valence-electron chi connectivity index (χ1n) is 9.20. The van der Waals surface area contributed by atoms with Gasteiger partial charge in [0.2, 0.25) is 0 Å². The van der Waals surface area contributed by atoms with Gasteiger partial charge in [-0.2, -0.15) is 0 Å². The van der Waals surface area contributed by atoms with Gasteiger partial charge in [0.05, 0.1) is 12.0 Å². The molecule has 4 nitrogen and oxygen atoms in total. The average molecular weight is 409 g/mol. The van der Waals surface area contributed by atoms with Crippen molar-refractivity contribution in [1.82, 2.24) is 0 Å². The highest BCUT2D eigenvalue weighted by Crippen LogP contribution is 2.62. The Morgan fingerprint density at radius 2 is 1.80 bits per heavy atom. The maximum Gasteiger partial charge on any atom is 0.306 e. The fraction of sp³-hybridized carbons (Fsp3) is 0.650. The van der Waals surface area contributed by atoms with Gasteiger partial charge in [-0.15, -0.1) is 0 Å². The number of aliphatic hydroxyl groups is 1. The van der Waals surface area contributed by atoms with Crippen molar-refractivity contribution in [3.63, 3.8) is 0 Å². The minimum Gasteiger partial charge on any atom is -0.490 e. The predicted molar refractivity (Wildman–Crippen MR) is 97.3 cm³/mol. The maximum atomic E-state index is 12.3. The average Bonchev–Trinajstić information content (AvgIpc) is 2.50. The second-order valence-corrected chi connectivity index (χ2v) is 9.30. The topological polar surface area (TPSA) is 55.8 Å². The molecule has 0 spiro atoms. The lowest BCUT2D eigenvalue weighted by atomic mass is 9.47. The fourth-order valence-corrected chi connectivity index (χ4v) is 6.08. The van der Waals surface area contributed by atoms with E-state index in [9.17, 15) is 9.90 Å². The van der Waals surface area contributed by atoms with Crippen LogP contribution in [0.3, 0.4) is 0 Å². The number of carbonyl (C=O) groups is 1. The summed E-state index contributed by atoms with van der Waals surface area (Å²) in [5.74, 6) is 1.81. The highest BCUT2D eigenvalue weighted by molar-refractivity contribution is 9.10. The normalized spacial score (nSPS) is 35.6. The van der Waals surface area contributed by atoms with Crippen molar-refractivity contribution in [3.05, 3.63) is 28.7 Å². The second-order valence-electron chi connectivity index (χ2n) is 8.38. The summed E-state index contributed by atoms with van der Waals surface area (Å²) < 4.78 is 12.0. The van der Waals surface area contributed by atoms with Crippen molar-refractivity contribution in [2.45, 2.75) is 50.5 Å². The van der Waals surface area contributed by atoms with E-state index >= 15 is 0 Å². The fourth-order valence-electron chi connectivity index (χ4n) is 5.81. The second kappa shape index (κ2) is 6.58. The number of halogens is 1. The molecule has 0 heterocycles. The molecule has 2 unspecified atom stereocenters. The Morgan fingerprint density at radius 3 is 2.44 bits per heavy atom. The third-order valence-corrected chi connectivity index (χ3v) is 6.63. The van der Waals surface area contributed by atoms with Crippen molar-refractivity contribution in [2.75, 3.05) is 13.2 Å². The summed E-state index contributed by atoms with van der Waals surface area (Å²) in [5.41, 5.74) is -0.544. The molecule has 1 aromatic rings. The van der Waals surface area contributed by atoms with Gasteiger partial charge in [0, 0.05) is 4.47 Å². The van der Waals surface area contributed by atoms with Crippen molar-refractivity contribution in [3.8, 4) is 5.75 Å². The van der Waals surface area contributed by atoms with E-state index in [0.29, 0.717) is 24.9 Å². The Morgan fingerprint density at radius 1 is 1.12 bits per heavy atom. The van der Waals surface area contributed by atoms with Gasteiger partial charge < -0.3 is 14.6 Å². The van der Waals surface area contributed by atoms with E-state index in [1.165, 1.54) is 6.42 Å². The zero-order valence-electron chi connectivity index (χ0n) is 14.4. The maximum absolute atomic E-state index is 12.3. The van der Waals surface area contributed by atoms with Gasteiger partial charge >= 0.3 is 5.97 Å². The molecule has 5 heteroatoms. The van der Waals surface area contributed by atoms with Gasteiger partial charge in [-0.1, -0.05) is 15.9 Å². The van der Waals surface area contributed by atoms with Crippen LogP contribution in [0, 0.1) is 17.3 Å². The van der Waals surface area contributed by atoms with Gasteiger partial charge in [0.25, 0.3) is 0 Å². The first-order valence-corrected chi connectivity index (χ1v) is 9.99. The number of hydrogen-bond donors (Lipinski definition) is 1. The SMILES string of the molecule is O=C(CC12C[C@@H]3C[C@@H](CC(O)(C3)C1)C2)OCCOc1ccc(Br)cc1. The van der Waals surface area contributed by atoms with Gasteiger partial charge in [-0.05, 0) is 80.0 Å². The molecule has 4 aliphatic rings. The summed E-state index contributed by atoms with van der Waals surface area (Å²) in [5, 5.41) is 10.8. The van der Waals surface area contributed by atoms with Crippen LogP contribution in [0.4, 0.5) is 0 Å². The molecule has 0 aliphatic heterocycles. The summed E-state index contributed by atoms with van der Waals surface area (Å²) in [6.45, 7) is 0.623. The molecular weight excluding hydrogens is 384 g/mol. The molecule has 4 fully saturated rings. The number of carbonyl (C=O) groups excluding carboxylic acids is 1. The molecule has 0 amide bonds. The molecule has 0 saturated heterocycles. The van der Waals surface area contributed by atoms with Crippen LogP contribution in [0.25, 0.3) is 0 Å². The molecule has 1 N–H and O–H groups in total. The Labute approximate surface area is 157 Å². The van der Waals surface area contributed by atoms with E-state index in [1.807, 2.05) is 24.3 Å². The number of hydrogen-bond acceptors (Lipinski definition) is 4. The summed E-state index contributed by atoms with van der Waals surface area (Å²) in [4.78, 5) is 12.3. The van der Waals surface area contributed by atoms with E-state index in [4.69, 9.17) is 9.47 Å². The molecule has 1 aromatic carbocycles. The third-order valence-electron chi connectivity index (χ3n) is 6.10. The standard InChI is InChI=1S/C20H25BrO4/c21-16-1-3-17(4-2-16)24-5-6-25-18(22)12-19-8-14-7-15(9-19)11-20(23,10-14)13-19/h1-4,14-15,23H,5-13H2/t14-,15+,19?,20?. The van der Waals surface area contributed by atoms with E-state index in [-0.39, 0.29) is 18.0 Å². The van der Waals surface area contributed by atoms with Crippen LogP contribution >= 0.6 is 15.9 Å². The Balaban J connectivity index is 1.25. The molecular formula is C20H25BrO4. The predicted octanol–water partition coefficient (Wildman–Crippen LogP) is 4.09. The summed E-state index contributed by atoms with van der Waals surface area (Å²) >= 11 is 3.38. The van der Waals surface area contributed by atoms with E-state index < -0.39 is 5.60 Å². The Hall–Kier alpha value is -1.07. The zero-order valence-corrected chi connectivity index (χ0v) is 16.0. The van der Waals surface area contributed by atoms with Crippen LogP contribution in [-0.4, -0.2) is 29.9 Å². The smallest absolute Gasteiger partial charge is 0.306 e. The molecule has 0 aromatic heterocycles.